The van der Waals surface area contributed by atoms with E-state index in [1.54, 1.807) is 0 Å². The Kier molecular flexibility index (Phi) is 5.35. The number of carbonyl (C=O) groups is 1. The first kappa shape index (κ1) is 17.8. The van der Waals surface area contributed by atoms with Crippen molar-refractivity contribution < 1.29 is 9.53 Å². The molecule has 0 unspecified atom stereocenters. The molecular weight excluding hydrogens is 314 g/mol. The largest absolute Gasteiger partial charge is 0.375 e. The number of carbonyl (C=O) groups excluding carboxylic acids is 1. The number of likely N-dealkylation sites (tertiary alicyclic amines) is 1. The number of ether oxygens (including phenoxy) is 1. The molecule has 1 aliphatic rings. The molecule has 1 fully saturated rings. The molecule has 1 aliphatic heterocycles. The second-order valence-corrected chi connectivity index (χ2v) is 6.81. The van der Waals surface area contributed by atoms with E-state index in [2.05, 4.69) is 41.3 Å². The average Bonchev–Trinajstić information content (AvgIpc) is 2.93. The van der Waals surface area contributed by atoms with Gasteiger partial charge in [-0.2, -0.15) is 0 Å². The molecule has 1 N–H and O–H groups in total. The van der Waals surface area contributed by atoms with Gasteiger partial charge in [-0.25, -0.2) is 0 Å². The third kappa shape index (κ3) is 3.83. The number of hydrogen-bond donors (Lipinski definition) is 1. The zero-order valence-electron chi connectivity index (χ0n) is 15.5. The highest BCUT2D eigenvalue weighted by molar-refractivity contribution is 6.06. The van der Waals surface area contributed by atoms with Gasteiger partial charge in [0.25, 0.3) is 5.91 Å². The van der Waals surface area contributed by atoms with Crippen LogP contribution in [0.4, 0.5) is 0 Å². The van der Waals surface area contributed by atoms with Crippen LogP contribution in [0.3, 0.4) is 0 Å². The van der Waals surface area contributed by atoms with E-state index >= 15 is 0 Å². The molecule has 0 radical (unpaired) electrons. The lowest BCUT2D eigenvalue weighted by Crippen LogP contribution is -2.44. The molecule has 25 heavy (non-hydrogen) atoms. The fourth-order valence-corrected chi connectivity index (χ4v) is 3.54. The molecule has 1 aromatic carbocycles. The first-order valence-electron chi connectivity index (χ1n) is 9.03. The SMILES string of the molecule is CCO[C@H]1CN(C)C[C@@H]1NC(=O)c1cc(C)nc2ccc(CC)cc12. The highest BCUT2D eigenvalue weighted by Gasteiger charge is 2.33. The standard InChI is InChI=1S/C20H27N3O2/c1-5-14-7-8-17-15(10-14)16(9-13(3)21-17)20(24)22-18-11-23(4)12-19(18)25-6-2/h7-10,18-19H,5-6,11-12H2,1-4H3,(H,22,24)/t18-,19-/m0/s1. The highest BCUT2D eigenvalue weighted by atomic mass is 16.5. The van der Waals surface area contributed by atoms with Gasteiger partial charge in [0.05, 0.1) is 23.2 Å². The Hall–Kier alpha value is -1.98. The predicted octanol–water partition coefficient (Wildman–Crippen LogP) is 2.55. The fourth-order valence-electron chi connectivity index (χ4n) is 3.54. The van der Waals surface area contributed by atoms with Crippen molar-refractivity contribution in [3.8, 4) is 0 Å². The molecule has 2 heterocycles. The highest BCUT2D eigenvalue weighted by Crippen LogP contribution is 2.21. The van der Waals surface area contributed by atoms with Crippen LogP contribution in [0.15, 0.2) is 24.3 Å². The molecule has 0 aliphatic carbocycles. The fraction of sp³-hybridized carbons (Fsp3) is 0.500. The van der Waals surface area contributed by atoms with E-state index in [1.165, 1.54) is 5.56 Å². The van der Waals surface area contributed by atoms with Crippen molar-refractivity contribution in [2.45, 2.75) is 39.3 Å². The van der Waals surface area contributed by atoms with Crippen LogP contribution in [0.5, 0.6) is 0 Å². The van der Waals surface area contributed by atoms with E-state index in [9.17, 15) is 4.79 Å². The summed E-state index contributed by atoms with van der Waals surface area (Å²) in [6, 6.07) is 8.05. The second-order valence-electron chi connectivity index (χ2n) is 6.81. The molecule has 0 saturated carbocycles. The summed E-state index contributed by atoms with van der Waals surface area (Å²) in [5.74, 6) is -0.0474. The normalized spacial score (nSPS) is 21.0. The van der Waals surface area contributed by atoms with E-state index < -0.39 is 0 Å². The number of aryl methyl sites for hydroxylation is 2. The topological polar surface area (TPSA) is 54.5 Å². The van der Waals surface area contributed by atoms with Gasteiger partial charge in [-0.1, -0.05) is 13.0 Å². The zero-order valence-corrected chi connectivity index (χ0v) is 15.5. The molecule has 0 spiro atoms. The number of rotatable bonds is 5. The maximum absolute atomic E-state index is 13.0. The lowest BCUT2D eigenvalue weighted by Gasteiger charge is -2.20. The Morgan fingerprint density at radius 3 is 2.84 bits per heavy atom. The van der Waals surface area contributed by atoms with Gasteiger partial charge in [0.15, 0.2) is 0 Å². The Morgan fingerprint density at radius 2 is 2.12 bits per heavy atom. The van der Waals surface area contributed by atoms with E-state index in [4.69, 9.17) is 4.74 Å². The summed E-state index contributed by atoms with van der Waals surface area (Å²) >= 11 is 0. The third-order valence-corrected chi connectivity index (χ3v) is 4.80. The molecule has 0 bridgehead atoms. The van der Waals surface area contributed by atoms with Crippen molar-refractivity contribution in [1.82, 2.24) is 15.2 Å². The summed E-state index contributed by atoms with van der Waals surface area (Å²) in [4.78, 5) is 19.8. The number of aromatic nitrogens is 1. The van der Waals surface area contributed by atoms with Crippen molar-refractivity contribution in [3.05, 3.63) is 41.1 Å². The number of fused-ring (bicyclic) bond motifs is 1. The van der Waals surface area contributed by atoms with Crippen molar-refractivity contribution in [3.63, 3.8) is 0 Å². The average molecular weight is 341 g/mol. The molecular formula is C20H27N3O2. The zero-order chi connectivity index (χ0) is 18.0. The third-order valence-electron chi connectivity index (χ3n) is 4.80. The summed E-state index contributed by atoms with van der Waals surface area (Å²) in [7, 11) is 2.05. The molecule has 1 saturated heterocycles. The van der Waals surface area contributed by atoms with Gasteiger partial charge in [-0.15, -0.1) is 0 Å². The maximum atomic E-state index is 13.0. The second kappa shape index (κ2) is 7.50. The number of nitrogens with one attached hydrogen (secondary N) is 1. The van der Waals surface area contributed by atoms with Crippen LogP contribution in [0.25, 0.3) is 10.9 Å². The van der Waals surface area contributed by atoms with Gasteiger partial charge in [0.1, 0.15) is 0 Å². The van der Waals surface area contributed by atoms with Crippen LogP contribution in [0, 0.1) is 6.92 Å². The summed E-state index contributed by atoms with van der Waals surface area (Å²) in [6.07, 6.45) is 0.976. The Balaban J connectivity index is 1.91. The Bertz CT molecular complexity index is 775. The van der Waals surface area contributed by atoms with Gasteiger partial charge < -0.3 is 15.0 Å². The van der Waals surface area contributed by atoms with Crippen LogP contribution in [-0.4, -0.2) is 54.7 Å². The van der Waals surface area contributed by atoms with Crippen molar-refractivity contribution in [2.75, 3.05) is 26.7 Å². The molecule has 2 aromatic rings. The Labute approximate surface area is 149 Å². The summed E-state index contributed by atoms with van der Waals surface area (Å²) in [5.41, 5.74) is 3.63. The van der Waals surface area contributed by atoms with Crippen molar-refractivity contribution in [1.29, 1.82) is 0 Å². The van der Waals surface area contributed by atoms with Crippen LogP contribution in [0.1, 0.15) is 35.5 Å². The van der Waals surface area contributed by atoms with E-state index in [-0.39, 0.29) is 18.1 Å². The smallest absolute Gasteiger partial charge is 0.252 e. The lowest BCUT2D eigenvalue weighted by molar-refractivity contribution is 0.0513. The number of benzene rings is 1. The van der Waals surface area contributed by atoms with Gasteiger partial charge in [-0.05, 0) is 51.1 Å². The van der Waals surface area contributed by atoms with E-state index in [1.807, 2.05) is 26.0 Å². The maximum Gasteiger partial charge on any atom is 0.252 e. The monoisotopic (exact) mass is 341 g/mol. The van der Waals surface area contributed by atoms with Crippen LogP contribution >= 0.6 is 0 Å². The van der Waals surface area contributed by atoms with E-state index in [0.717, 1.165) is 36.1 Å². The number of nitrogens with zero attached hydrogens (tertiary/aromatic N) is 2. The first-order valence-corrected chi connectivity index (χ1v) is 9.03. The van der Waals surface area contributed by atoms with Gasteiger partial charge >= 0.3 is 0 Å². The number of hydrogen-bond acceptors (Lipinski definition) is 4. The number of amides is 1. The van der Waals surface area contributed by atoms with E-state index in [0.29, 0.717) is 12.2 Å². The number of pyridine rings is 1. The van der Waals surface area contributed by atoms with Crippen LogP contribution < -0.4 is 5.32 Å². The molecule has 134 valence electrons. The molecule has 2 atom stereocenters. The Morgan fingerprint density at radius 1 is 1.32 bits per heavy atom. The predicted molar refractivity (Wildman–Crippen MR) is 100 cm³/mol. The van der Waals surface area contributed by atoms with Crippen LogP contribution in [0.2, 0.25) is 0 Å². The molecule has 5 nitrogen and oxygen atoms in total. The quantitative estimate of drug-likeness (QED) is 0.908. The summed E-state index contributed by atoms with van der Waals surface area (Å²) in [6.45, 7) is 8.33. The van der Waals surface area contributed by atoms with Gasteiger partial charge in [0.2, 0.25) is 0 Å². The van der Waals surface area contributed by atoms with Gasteiger partial charge in [-0.3, -0.25) is 9.78 Å². The van der Waals surface area contributed by atoms with Crippen LogP contribution in [-0.2, 0) is 11.2 Å². The molecule has 5 heteroatoms. The molecule has 3 rings (SSSR count). The summed E-state index contributed by atoms with van der Waals surface area (Å²) in [5, 5.41) is 4.10. The van der Waals surface area contributed by atoms with Crippen molar-refractivity contribution in [2.24, 2.45) is 0 Å². The summed E-state index contributed by atoms with van der Waals surface area (Å²) < 4.78 is 5.80. The molecule has 1 amide bonds. The minimum atomic E-state index is -0.0474. The van der Waals surface area contributed by atoms with Gasteiger partial charge in [0, 0.05) is 30.8 Å². The molecule has 1 aromatic heterocycles. The lowest BCUT2D eigenvalue weighted by atomic mass is 10.0. The number of likely N-dealkylation sites (N-methyl/N-ethyl adjacent to an activating group) is 1. The first-order chi connectivity index (χ1) is 12.0. The minimum Gasteiger partial charge on any atom is -0.375 e. The van der Waals surface area contributed by atoms with Crippen molar-refractivity contribution >= 4 is 16.8 Å². The minimum absolute atomic E-state index is 0.00956.